The molecule has 255 valence electrons. The van der Waals surface area contributed by atoms with E-state index in [-0.39, 0.29) is 15.3 Å². The van der Waals surface area contributed by atoms with Gasteiger partial charge in [0, 0.05) is 26.4 Å². The Bertz CT molecular complexity index is 2740. The van der Waals surface area contributed by atoms with E-state index in [1.54, 1.807) is 0 Å². The summed E-state index contributed by atoms with van der Waals surface area (Å²) in [4.78, 5) is 2.59. The number of fused-ring (bicyclic) bond motifs is 13. The monoisotopic (exact) mass is 688 g/mol. The largest absolute Gasteiger partial charge is 0.309 e. The molecule has 1 nitrogen and oxygen atoms in total. The van der Waals surface area contributed by atoms with Gasteiger partial charge in [-0.15, -0.1) is 0 Å². The van der Waals surface area contributed by atoms with Gasteiger partial charge in [0.2, 0.25) is 0 Å². The summed E-state index contributed by atoms with van der Waals surface area (Å²) in [6.45, 7) is 4.79. The molecule has 0 aliphatic heterocycles. The summed E-state index contributed by atoms with van der Waals surface area (Å²) in [6.07, 6.45) is 0. The molecule has 3 aliphatic carbocycles. The van der Waals surface area contributed by atoms with E-state index in [0.717, 1.165) is 5.69 Å². The highest BCUT2D eigenvalue weighted by atomic mass is 15.2. The summed E-state index contributed by atoms with van der Waals surface area (Å²) in [5.74, 6) is 0. The smallest absolute Gasteiger partial charge is 0.0726 e. The van der Waals surface area contributed by atoms with Crippen molar-refractivity contribution in [2.45, 2.75) is 24.7 Å². The van der Waals surface area contributed by atoms with Crippen LogP contribution in [0.15, 0.2) is 188 Å². The van der Waals surface area contributed by atoms with Crippen LogP contribution in [-0.2, 0) is 10.8 Å². The van der Waals surface area contributed by atoms with Gasteiger partial charge < -0.3 is 4.90 Å². The molecule has 3 aliphatic rings. The standard InChI is InChI=1S/C52H37N.B.H2/c1-51(2)41-26-11-6-23-38(41)39-25-16-33-48(50(39)51)53(46-31-15-10-20-35(46)34-18-4-3-5-19-34)47-32-17-30-45-49(47)40-24-9-14-29-44(40)52(45)42-27-12-7-21-36(42)37-22-8-13-28-43(37)52;;/h3-33H,1-2H3;;1H. The Kier molecular flexibility index (Phi) is 7.07. The van der Waals surface area contributed by atoms with Crippen molar-refractivity contribution in [3.8, 4) is 44.5 Å². The topological polar surface area (TPSA) is 3.24 Å². The van der Waals surface area contributed by atoms with Crippen LogP contribution in [-0.4, -0.2) is 8.41 Å². The van der Waals surface area contributed by atoms with E-state index < -0.39 is 5.41 Å². The van der Waals surface area contributed by atoms with Gasteiger partial charge in [0.15, 0.2) is 0 Å². The van der Waals surface area contributed by atoms with Crippen molar-refractivity contribution in [1.82, 2.24) is 0 Å². The third kappa shape index (κ3) is 4.11. The fourth-order valence-corrected chi connectivity index (χ4v) is 10.2. The van der Waals surface area contributed by atoms with Gasteiger partial charge in [0.1, 0.15) is 0 Å². The average Bonchev–Trinajstić information content (AvgIpc) is 3.78. The highest BCUT2D eigenvalue weighted by molar-refractivity contribution is 6.03. The number of hydrogen-bond acceptors (Lipinski definition) is 1. The van der Waals surface area contributed by atoms with Crippen LogP contribution in [0.4, 0.5) is 17.1 Å². The maximum Gasteiger partial charge on any atom is 0.0726 e. The van der Waals surface area contributed by atoms with Gasteiger partial charge >= 0.3 is 0 Å². The first-order valence-corrected chi connectivity index (χ1v) is 18.7. The zero-order chi connectivity index (χ0) is 35.3. The summed E-state index contributed by atoms with van der Waals surface area (Å²) in [6, 6.07) is 70.1. The Labute approximate surface area is 321 Å². The summed E-state index contributed by atoms with van der Waals surface area (Å²) in [5.41, 5.74) is 21.4. The van der Waals surface area contributed by atoms with Crippen molar-refractivity contribution in [3.05, 3.63) is 221 Å². The van der Waals surface area contributed by atoms with Crippen LogP contribution in [0.2, 0.25) is 0 Å². The lowest BCUT2D eigenvalue weighted by Crippen LogP contribution is -2.26. The molecule has 0 amide bonds. The minimum absolute atomic E-state index is 0. The summed E-state index contributed by atoms with van der Waals surface area (Å²) < 4.78 is 0. The van der Waals surface area contributed by atoms with Crippen LogP contribution in [0.3, 0.4) is 0 Å². The minimum Gasteiger partial charge on any atom is -0.309 e. The molecule has 8 aromatic carbocycles. The molecule has 0 unspecified atom stereocenters. The SMILES string of the molecule is CC1(C)c2ccccc2-c2cccc(N(c3ccccc3-c3ccccc3)c3cccc4c3-c3ccccc3C43c4ccccc4-c4ccccc43)c21.[B].[HH]. The van der Waals surface area contributed by atoms with Crippen LogP contribution in [0, 0.1) is 0 Å². The van der Waals surface area contributed by atoms with E-state index in [9.17, 15) is 0 Å². The van der Waals surface area contributed by atoms with Gasteiger partial charge in [-0.25, -0.2) is 0 Å². The van der Waals surface area contributed by atoms with E-state index in [4.69, 9.17) is 0 Å². The molecule has 3 radical (unpaired) electrons. The Morgan fingerprint density at radius 3 is 1.44 bits per heavy atom. The molecule has 11 rings (SSSR count). The number of para-hydroxylation sites is 1. The summed E-state index contributed by atoms with van der Waals surface area (Å²) in [5, 5.41) is 0. The Balaban J connectivity index is 0.00000198. The van der Waals surface area contributed by atoms with Crippen molar-refractivity contribution < 1.29 is 1.43 Å². The first-order chi connectivity index (χ1) is 26.1. The molecular weight excluding hydrogens is 649 g/mol. The lowest BCUT2D eigenvalue weighted by molar-refractivity contribution is 0.661. The quantitative estimate of drug-likeness (QED) is 0.166. The molecule has 0 saturated carbocycles. The molecule has 1 spiro atoms. The Hall–Kier alpha value is -6.38. The fourth-order valence-electron chi connectivity index (χ4n) is 10.2. The number of anilines is 3. The van der Waals surface area contributed by atoms with E-state index in [1.807, 2.05) is 0 Å². The van der Waals surface area contributed by atoms with Crippen LogP contribution >= 0.6 is 0 Å². The van der Waals surface area contributed by atoms with Gasteiger partial charge in [-0.1, -0.05) is 184 Å². The first kappa shape index (κ1) is 32.3. The highest BCUT2D eigenvalue weighted by Gasteiger charge is 2.52. The fraction of sp³-hybridized carbons (Fsp3) is 0.0769. The van der Waals surface area contributed by atoms with E-state index >= 15 is 0 Å². The molecule has 0 bridgehead atoms. The van der Waals surface area contributed by atoms with Crippen LogP contribution in [0.1, 0.15) is 48.7 Å². The second kappa shape index (κ2) is 11.8. The highest BCUT2D eigenvalue weighted by Crippen LogP contribution is 2.65. The predicted molar refractivity (Wildman–Crippen MR) is 228 cm³/mol. The molecule has 0 saturated heterocycles. The molecule has 54 heavy (non-hydrogen) atoms. The van der Waals surface area contributed by atoms with Crippen molar-refractivity contribution >= 4 is 25.5 Å². The van der Waals surface area contributed by atoms with E-state index in [1.165, 1.54) is 89.3 Å². The molecule has 0 fully saturated rings. The molecule has 0 aromatic heterocycles. The van der Waals surface area contributed by atoms with Gasteiger partial charge in [-0.3, -0.25) is 0 Å². The summed E-state index contributed by atoms with van der Waals surface area (Å²) in [7, 11) is 0. The zero-order valence-corrected chi connectivity index (χ0v) is 30.4. The molecule has 0 heterocycles. The lowest BCUT2D eigenvalue weighted by atomic mass is 9.70. The maximum atomic E-state index is 2.59. The van der Waals surface area contributed by atoms with E-state index in [2.05, 4.69) is 207 Å². The van der Waals surface area contributed by atoms with Gasteiger partial charge in [0.05, 0.1) is 22.5 Å². The first-order valence-electron chi connectivity index (χ1n) is 18.7. The number of benzene rings is 8. The van der Waals surface area contributed by atoms with E-state index in [0.29, 0.717) is 0 Å². The normalized spacial score (nSPS) is 14.3. The van der Waals surface area contributed by atoms with Crippen molar-refractivity contribution in [1.29, 1.82) is 0 Å². The van der Waals surface area contributed by atoms with Gasteiger partial charge in [-0.05, 0) is 85.0 Å². The molecule has 8 aromatic rings. The number of nitrogens with zero attached hydrogens (tertiary/aromatic N) is 1. The molecule has 2 heteroatoms. The lowest BCUT2D eigenvalue weighted by Gasteiger charge is -2.35. The van der Waals surface area contributed by atoms with Gasteiger partial charge in [0.25, 0.3) is 0 Å². The van der Waals surface area contributed by atoms with Crippen LogP contribution in [0.5, 0.6) is 0 Å². The average molecular weight is 689 g/mol. The molecule has 0 atom stereocenters. The Morgan fingerprint density at radius 2 is 0.778 bits per heavy atom. The van der Waals surface area contributed by atoms with Gasteiger partial charge in [-0.2, -0.15) is 0 Å². The van der Waals surface area contributed by atoms with Crippen molar-refractivity contribution in [2.24, 2.45) is 0 Å². The Morgan fingerprint density at radius 1 is 0.352 bits per heavy atom. The van der Waals surface area contributed by atoms with Crippen LogP contribution < -0.4 is 4.90 Å². The van der Waals surface area contributed by atoms with Crippen molar-refractivity contribution in [3.63, 3.8) is 0 Å². The second-order valence-electron chi connectivity index (χ2n) is 15.2. The predicted octanol–water partition coefficient (Wildman–Crippen LogP) is 13.3. The summed E-state index contributed by atoms with van der Waals surface area (Å²) >= 11 is 0. The second-order valence-corrected chi connectivity index (χ2v) is 15.2. The molecule has 0 N–H and O–H groups in total. The number of hydrogen-bond donors (Lipinski definition) is 0. The third-order valence-electron chi connectivity index (χ3n) is 12.3. The zero-order valence-electron chi connectivity index (χ0n) is 30.4. The minimum atomic E-state index is -0.423. The van der Waals surface area contributed by atoms with Crippen LogP contribution in [0.25, 0.3) is 44.5 Å². The molecular formula is C52H39BN. The number of rotatable bonds is 4. The third-order valence-corrected chi connectivity index (χ3v) is 12.3. The van der Waals surface area contributed by atoms with Crippen molar-refractivity contribution in [2.75, 3.05) is 4.90 Å². The maximum absolute atomic E-state index is 2.59.